The Bertz CT molecular complexity index is 566. The minimum atomic E-state index is -0.534. The number of hydrogen-bond donors (Lipinski definition) is 1. The Morgan fingerprint density at radius 2 is 1.75 bits per heavy atom. The quantitative estimate of drug-likeness (QED) is 0.830. The fraction of sp³-hybridized carbons (Fsp3) is 0.250. The van der Waals surface area contributed by atoms with E-state index in [1.807, 2.05) is 31.5 Å². The molecular formula is C16H17F2NS. The molecule has 0 saturated heterocycles. The molecule has 0 spiro atoms. The third-order valence-corrected chi connectivity index (χ3v) is 4.04. The van der Waals surface area contributed by atoms with Crippen LogP contribution in [-0.4, -0.2) is 13.3 Å². The van der Waals surface area contributed by atoms with E-state index in [4.69, 9.17) is 0 Å². The summed E-state index contributed by atoms with van der Waals surface area (Å²) in [6.07, 6.45) is 2.57. The minimum Gasteiger partial charge on any atom is -0.313 e. The normalized spacial score (nSPS) is 12.4. The first-order chi connectivity index (χ1) is 9.63. The van der Waals surface area contributed by atoms with Crippen molar-refractivity contribution in [2.75, 3.05) is 13.3 Å². The number of rotatable bonds is 5. The first-order valence-electron chi connectivity index (χ1n) is 6.39. The van der Waals surface area contributed by atoms with Crippen molar-refractivity contribution in [2.24, 2.45) is 0 Å². The van der Waals surface area contributed by atoms with Gasteiger partial charge in [-0.2, -0.15) is 0 Å². The van der Waals surface area contributed by atoms with Gasteiger partial charge in [0.25, 0.3) is 0 Å². The molecule has 0 saturated carbocycles. The average molecular weight is 293 g/mol. The van der Waals surface area contributed by atoms with Crippen LogP contribution in [0, 0.1) is 11.6 Å². The molecule has 1 N–H and O–H groups in total. The first kappa shape index (κ1) is 15.0. The Morgan fingerprint density at radius 3 is 2.35 bits per heavy atom. The van der Waals surface area contributed by atoms with Gasteiger partial charge < -0.3 is 5.32 Å². The maximum atomic E-state index is 13.3. The predicted molar refractivity (Wildman–Crippen MR) is 80.1 cm³/mol. The van der Waals surface area contributed by atoms with Crippen LogP contribution in [0.1, 0.15) is 17.2 Å². The predicted octanol–water partition coefficient (Wildman–Crippen LogP) is 4.19. The van der Waals surface area contributed by atoms with Crippen LogP contribution < -0.4 is 5.32 Å². The van der Waals surface area contributed by atoms with Crippen molar-refractivity contribution >= 4 is 11.8 Å². The van der Waals surface area contributed by atoms with Crippen LogP contribution >= 0.6 is 11.8 Å². The van der Waals surface area contributed by atoms with Crippen LogP contribution in [0.4, 0.5) is 8.78 Å². The second-order valence-electron chi connectivity index (χ2n) is 4.57. The average Bonchev–Trinajstić information content (AvgIpc) is 2.43. The molecule has 0 bridgehead atoms. The molecule has 2 aromatic carbocycles. The molecule has 0 aliphatic heterocycles. The number of hydrogen-bond acceptors (Lipinski definition) is 2. The van der Waals surface area contributed by atoms with Crippen LogP contribution in [0.25, 0.3) is 0 Å². The smallest absolute Gasteiger partial charge is 0.126 e. The van der Waals surface area contributed by atoms with Gasteiger partial charge >= 0.3 is 0 Å². The summed E-state index contributed by atoms with van der Waals surface area (Å²) in [5, 5.41) is 3.22. The third kappa shape index (κ3) is 3.58. The number of benzene rings is 2. The van der Waals surface area contributed by atoms with Gasteiger partial charge in [0, 0.05) is 17.0 Å². The van der Waals surface area contributed by atoms with Crippen molar-refractivity contribution in [1.82, 2.24) is 5.32 Å². The van der Waals surface area contributed by atoms with Gasteiger partial charge in [-0.05, 0) is 49.1 Å². The van der Waals surface area contributed by atoms with Gasteiger partial charge in [0.15, 0.2) is 0 Å². The maximum absolute atomic E-state index is 13.3. The largest absolute Gasteiger partial charge is 0.313 e. The van der Waals surface area contributed by atoms with Gasteiger partial charge in [-0.1, -0.05) is 18.2 Å². The van der Waals surface area contributed by atoms with E-state index >= 15 is 0 Å². The van der Waals surface area contributed by atoms with Crippen LogP contribution in [0.2, 0.25) is 0 Å². The van der Waals surface area contributed by atoms with Crippen LogP contribution in [0.3, 0.4) is 0 Å². The maximum Gasteiger partial charge on any atom is 0.126 e. The molecule has 0 heterocycles. The molecule has 4 heteroatoms. The number of thioether (sulfide) groups is 1. The molecule has 1 nitrogen and oxygen atoms in total. The van der Waals surface area contributed by atoms with Gasteiger partial charge in [-0.3, -0.25) is 0 Å². The molecule has 0 aromatic heterocycles. The summed E-state index contributed by atoms with van der Waals surface area (Å²) in [5.41, 5.74) is 1.80. The summed E-state index contributed by atoms with van der Waals surface area (Å²) in [7, 11) is 1.86. The van der Waals surface area contributed by atoms with E-state index in [1.165, 1.54) is 17.0 Å². The highest BCUT2D eigenvalue weighted by Crippen LogP contribution is 2.28. The molecule has 20 heavy (non-hydrogen) atoms. The highest BCUT2D eigenvalue weighted by Gasteiger charge is 2.14. The Labute approximate surface area is 122 Å². The highest BCUT2D eigenvalue weighted by atomic mass is 32.2. The van der Waals surface area contributed by atoms with E-state index in [0.29, 0.717) is 12.0 Å². The lowest BCUT2D eigenvalue weighted by atomic mass is 9.99. The van der Waals surface area contributed by atoms with E-state index in [9.17, 15) is 8.78 Å². The Hall–Kier alpha value is -1.39. The van der Waals surface area contributed by atoms with E-state index < -0.39 is 11.6 Å². The van der Waals surface area contributed by atoms with Crippen LogP contribution in [0.5, 0.6) is 0 Å². The summed E-state index contributed by atoms with van der Waals surface area (Å²) in [6, 6.07) is 11.8. The van der Waals surface area contributed by atoms with Crippen LogP contribution in [-0.2, 0) is 6.42 Å². The van der Waals surface area contributed by atoms with Gasteiger partial charge in [0.2, 0.25) is 0 Å². The molecule has 2 rings (SSSR count). The summed E-state index contributed by atoms with van der Waals surface area (Å²) >= 11 is 1.67. The molecule has 0 amide bonds. The van der Waals surface area contributed by atoms with E-state index in [-0.39, 0.29) is 6.04 Å². The summed E-state index contributed by atoms with van der Waals surface area (Å²) in [4.78, 5) is 1.17. The zero-order valence-electron chi connectivity index (χ0n) is 11.5. The standard InChI is InChI=1S/C16H17F2NS/c1-19-15(14-5-3-4-6-16(14)20-2)9-11-7-12(17)10-13(18)8-11/h3-8,10,15,19H,9H2,1-2H3. The molecule has 0 fully saturated rings. The van der Waals surface area contributed by atoms with Crippen molar-refractivity contribution in [3.8, 4) is 0 Å². The summed E-state index contributed by atoms with van der Waals surface area (Å²) in [6.45, 7) is 0. The first-order valence-corrected chi connectivity index (χ1v) is 7.61. The lowest BCUT2D eigenvalue weighted by molar-refractivity contribution is 0.558. The van der Waals surface area contributed by atoms with Crippen molar-refractivity contribution in [3.63, 3.8) is 0 Å². The topological polar surface area (TPSA) is 12.0 Å². The Balaban J connectivity index is 2.28. The zero-order chi connectivity index (χ0) is 14.5. The van der Waals surface area contributed by atoms with Crippen LogP contribution in [0.15, 0.2) is 47.4 Å². The second kappa shape index (κ2) is 6.86. The fourth-order valence-electron chi connectivity index (χ4n) is 2.29. The van der Waals surface area contributed by atoms with Crippen molar-refractivity contribution in [1.29, 1.82) is 0 Å². The molecule has 0 aliphatic carbocycles. The van der Waals surface area contributed by atoms with Crippen molar-refractivity contribution in [2.45, 2.75) is 17.4 Å². The minimum absolute atomic E-state index is 0.0276. The molecule has 0 aliphatic rings. The van der Waals surface area contributed by atoms with Gasteiger partial charge in [0.05, 0.1) is 0 Å². The summed E-state index contributed by atoms with van der Waals surface area (Å²) < 4.78 is 26.5. The van der Waals surface area contributed by atoms with Crippen molar-refractivity contribution < 1.29 is 8.78 Å². The zero-order valence-corrected chi connectivity index (χ0v) is 12.3. The number of halogens is 2. The van der Waals surface area contributed by atoms with Gasteiger partial charge in [-0.25, -0.2) is 8.78 Å². The monoisotopic (exact) mass is 293 g/mol. The molecule has 106 valence electrons. The highest BCUT2D eigenvalue weighted by molar-refractivity contribution is 7.98. The fourth-order valence-corrected chi connectivity index (χ4v) is 2.95. The van der Waals surface area contributed by atoms with E-state index in [2.05, 4.69) is 11.4 Å². The van der Waals surface area contributed by atoms with Gasteiger partial charge in [-0.15, -0.1) is 11.8 Å². The molecule has 1 unspecified atom stereocenters. The van der Waals surface area contributed by atoms with E-state index in [0.717, 1.165) is 11.6 Å². The SMILES string of the molecule is CNC(Cc1cc(F)cc(F)c1)c1ccccc1SC. The number of likely N-dealkylation sites (N-methyl/N-ethyl adjacent to an activating group) is 1. The lowest BCUT2D eigenvalue weighted by Gasteiger charge is -2.19. The summed E-state index contributed by atoms with van der Waals surface area (Å²) in [5.74, 6) is -1.07. The van der Waals surface area contributed by atoms with Crippen molar-refractivity contribution in [3.05, 3.63) is 65.2 Å². The molecule has 1 atom stereocenters. The third-order valence-electron chi connectivity index (χ3n) is 3.22. The Kier molecular flexibility index (Phi) is 5.15. The molecule has 2 aromatic rings. The van der Waals surface area contributed by atoms with Gasteiger partial charge in [0.1, 0.15) is 11.6 Å². The molecular weight excluding hydrogens is 276 g/mol. The molecule has 0 radical (unpaired) electrons. The lowest BCUT2D eigenvalue weighted by Crippen LogP contribution is -2.19. The second-order valence-corrected chi connectivity index (χ2v) is 5.41. The Morgan fingerprint density at radius 1 is 1.10 bits per heavy atom. The number of nitrogens with one attached hydrogen (secondary N) is 1. The van der Waals surface area contributed by atoms with E-state index in [1.54, 1.807) is 11.8 Å².